The van der Waals surface area contributed by atoms with Crippen LogP contribution < -0.4 is 4.90 Å². The quantitative estimate of drug-likeness (QED) is 0.657. The van der Waals surface area contributed by atoms with Gasteiger partial charge in [-0.05, 0) is 81.1 Å². The van der Waals surface area contributed by atoms with E-state index < -0.39 is 0 Å². The van der Waals surface area contributed by atoms with Gasteiger partial charge in [-0.1, -0.05) is 0 Å². The second-order valence-corrected chi connectivity index (χ2v) is 6.90. The van der Waals surface area contributed by atoms with E-state index in [1.54, 1.807) is 33.8 Å². The summed E-state index contributed by atoms with van der Waals surface area (Å²) >= 11 is 0. The van der Waals surface area contributed by atoms with Gasteiger partial charge in [0.25, 0.3) is 5.91 Å². The molecule has 1 aromatic heterocycles. The number of nitrogens with zero attached hydrogens (tertiary/aromatic N) is 3. The summed E-state index contributed by atoms with van der Waals surface area (Å²) < 4.78 is 28.4. The molecule has 0 saturated carbocycles. The van der Waals surface area contributed by atoms with Crippen molar-refractivity contribution < 1.29 is 13.6 Å². The van der Waals surface area contributed by atoms with Crippen LogP contribution in [0, 0.1) is 11.6 Å². The largest absolute Gasteiger partial charge is 0.307 e. The molecule has 4 nitrogen and oxygen atoms in total. The van der Waals surface area contributed by atoms with Crippen molar-refractivity contribution in [3.63, 3.8) is 0 Å². The van der Waals surface area contributed by atoms with Crippen LogP contribution in [0.1, 0.15) is 41.5 Å². The fourth-order valence-corrected chi connectivity index (χ4v) is 3.76. The standard InChI is InChI=1S/C22H21F2N3O/c1-2-26(17-11-7-15(23)8-12-17)22(28)21-19-5-3-4-6-20(19)27(25-21)18-13-9-16(24)10-14-18/h7-14H,2-6H2,1H3. The lowest BCUT2D eigenvalue weighted by Gasteiger charge is -2.21. The number of hydrogen-bond acceptors (Lipinski definition) is 2. The second kappa shape index (κ2) is 7.54. The number of fused-ring (bicyclic) bond motifs is 1. The van der Waals surface area contributed by atoms with Gasteiger partial charge in [0.15, 0.2) is 5.69 Å². The number of aromatic nitrogens is 2. The molecule has 1 heterocycles. The van der Waals surface area contributed by atoms with E-state index in [1.165, 1.54) is 24.3 Å². The average molecular weight is 381 g/mol. The zero-order valence-corrected chi connectivity index (χ0v) is 15.7. The smallest absolute Gasteiger partial charge is 0.279 e. The summed E-state index contributed by atoms with van der Waals surface area (Å²) in [5, 5.41) is 4.63. The van der Waals surface area contributed by atoms with E-state index in [-0.39, 0.29) is 17.5 Å². The summed E-state index contributed by atoms with van der Waals surface area (Å²) in [5.41, 5.74) is 3.76. The molecule has 0 atom stereocenters. The molecule has 28 heavy (non-hydrogen) atoms. The summed E-state index contributed by atoms with van der Waals surface area (Å²) in [5.74, 6) is -0.854. The molecule has 0 spiro atoms. The minimum atomic E-state index is -0.342. The maximum absolute atomic E-state index is 13.3. The Kier molecular flexibility index (Phi) is 4.94. The highest BCUT2D eigenvalue weighted by molar-refractivity contribution is 6.06. The second-order valence-electron chi connectivity index (χ2n) is 6.90. The molecule has 2 aromatic carbocycles. The Morgan fingerprint density at radius 1 is 1.00 bits per heavy atom. The van der Waals surface area contributed by atoms with Crippen molar-refractivity contribution in [1.82, 2.24) is 9.78 Å². The Balaban J connectivity index is 1.77. The summed E-state index contributed by atoms with van der Waals surface area (Å²) in [7, 11) is 0. The third kappa shape index (κ3) is 3.30. The first-order valence-electron chi connectivity index (χ1n) is 9.52. The van der Waals surface area contributed by atoms with Gasteiger partial charge in [0.05, 0.1) is 5.69 Å². The Morgan fingerprint density at radius 2 is 1.61 bits per heavy atom. The van der Waals surface area contributed by atoms with Crippen LogP contribution in [-0.4, -0.2) is 22.2 Å². The summed E-state index contributed by atoms with van der Waals surface area (Å²) in [6.45, 7) is 2.33. The van der Waals surface area contributed by atoms with Crippen LogP contribution in [0.25, 0.3) is 5.69 Å². The highest BCUT2D eigenvalue weighted by Crippen LogP contribution is 2.29. The molecule has 0 radical (unpaired) electrons. The molecule has 0 saturated heterocycles. The van der Waals surface area contributed by atoms with Crippen LogP contribution in [0.2, 0.25) is 0 Å². The van der Waals surface area contributed by atoms with Crippen LogP contribution >= 0.6 is 0 Å². The van der Waals surface area contributed by atoms with Crippen LogP contribution in [0.15, 0.2) is 48.5 Å². The van der Waals surface area contributed by atoms with E-state index in [4.69, 9.17) is 0 Å². The van der Waals surface area contributed by atoms with Crippen molar-refractivity contribution >= 4 is 11.6 Å². The summed E-state index contributed by atoms with van der Waals surface area (Å²) in [6.07, 6.45) is 3.66. The Labute approximate surface area is 162 Å². The van der Waals surface area contributed by atoms with Gasteiger partial charge in [-0.3, -0.25) is 4.79 Å². The number of hydrogen-bond donors (Lipinski definition) is 0. The molecule has 0 bridgehead atoms. The SMILES string of the molecule is CCN(C(=O)c1nn(-c2ccc(F)cc2)c2c1CCCC2)c1ccc(F)cc1. The summed E-state index contributed by atoms with van der Waals surface area (Å²) in [4.78, 5) is 14.9. The lowest BCUT2D eigenvalue weighted by molar-refractivity contribution is 0.0982. The predicted octanol–water partition coefficient (Wildman–Crippen LogP) is 4.70. The molecule has 0 aliphatic heterocycles. The molecule has 1 amide bonds. The maximum atomic E-state index is 13.3. The van der Waals surface area contributed by atoms with Gasteiger partial charge in [0.1, 0.15) is 11.6 Å². The van der Waals surface area contributed by atoms with Crippen molar-refractivity contribution in [2.45, 2.75) is 32.6 Å². The highest BCUT2D eigenvalue weighted by atomic mass is 19.1. The van der Waals surface area contributed by atoms with Gasteiger partial charge in [0, 0.05) is 23.5 Å². The molecule has 0 N–H and O–H groups in total. The fraction of sp³-hybridized carbons (Fsp3) is 0.273. The molecule has 144 valence electrons. The van der Waals surface area contributed by atoms with E-state index in [9.17, 15) is 13.6 Å². The average Bonchev–Trinajstić information content (AvgIpc) is 3.10. The maximum Gasteiger partial charge on any atom is 0.279 e. The molecular formula is C22H21F2N3O. The van der Waals surface area contributed by atoms with Crippen LogP contribution in [-0.2, 0) is 12.8 Å². The van der Waals surface area contributed by atoms with Gasteiger partial charge < -0.3 is 4.90 Å². The lowest BCUT2D eigenvalue weighted by Crippen LogP contribution is -2.31. The number of anilines is 1. The number of rotatable bonds is 4. The zero-order chi connectivity index (χ0) is 19.7. The van der Waals surface area contributed by atoms with E-state index >= 15 is 0 Å². The topological polar surface area (TPSA) is 38.1 Å². The van der Waals surface area contributed by atoms with E-state index in [2.05, 4.69) is 5.10 Å². The minimum absolute atomic E-state index is 0.201. The highest BCUT2D eigenvalue weighted by Gasteiger charge is 2.28. The third-order valence-corrected chi connectivity index (χ3v) is 5.15. The molecular weight excluding hydrogens is 360 g/mol. The molecule has 1 aliphatic carbocycles. The van der Waals surface area contributed by atoms with Gasteiger partial charge in [0.2, 0.25) is 0 Å². The Bertz CT molecular complexity index is 994. The molecule has 4 rings (SSSR count). The normalized spacial score (nSPS) is 13.2. The zero-order valence-electron chi connectivity index (χ0n) is 15.7. The van der Waals surface area contributed by atoms with Crippen LogP contribution in [0.3, 0.4) is 0 Å². The first kappa shape index (κ1) is 18.3. The third-order valence-electron chi connectivity index (χ3n) is 5.15. The number of carbonyl (C=O) groups excluding carboxylic acids is 1. The number of amides is 1. The monoisotopic (exact) mass is 381 g/mol. The molecule has 3 aromatic rings. The Hall–Kier alpha value is -3.02. The number of halogens is 2. The molecule has 6 heteroatoms. The summed E-state index contributed by atoms with van der Waals surface area (Å²) in [6, 6.07) is 12.0. The first-order chi connectivity index (χ1) is 13.6. The molecule has 0 unspecified atom stereocenters. The predicted molar refractivity (Wildman–Crippen MR) is 104 cm³/mol. The number of benzene rings is 2. The molecule has 0 fully saturated rings. The Morgan fingerprint density at radius 3 is 2.25 bits per heavy atom. The first-order valence-corrected chi connectivity index (χ1v) is 9.52. The van der Waals surface area contributed by atoms with Crippen molar-refractivity contribution in [2.75, 3.05) is 11.4 Å². The van der Waals surface area contributed by atoms with Crippen molar-refractivity contribution in [3.05, 3.63) is 77.1 Å². The van der Waals surface area contributed by atoms with Gasteiger partial charge in [-0.25, -0.2) is 13.5 Å². The van der Waals surface area contributed by atoms with Crippen LogP contribution in [0.5, 0.6) is 0 Å². The van der Waals surface area contributed by atoms with Crippen LogP contribution in [0.4, 0.5) is 14.5 Å². The van der Waals surface area contributed by atoms with E-state index in [0.29, 0.717) is 17.9 Å². The van der Waals surface area contributed by atoms with Gasteiger partial charge in [-0.2, -0.15) is 5.10 Å². The lowest BCUT2D eigenvalue weighted by atomic mass is 9.95. The van der Waals surface area contributed by atoms with Crippen molar-refractivity contribution in [3.8, 4) is 5.69 Å². The van der Waals surface area contributed by atoms with Crippen molar-refractivity contribution in [1.29, 1.82) is 0 Å². The van der Waals surface area contributed by atoms with E-state index in [1.807, 2.05) is 6.92 Å². The van der Waals surface area contributed by atoms with Gasteiger partial charge >= 0.3 is 0 Å². The van der Waals surface area contributed by atoms with Gasteiger partial charge in [-0.15, -0.1) is 0 Å². The van der Waals surface area contributed by atoms with Crippen molar-refractivity contribution in [2.24, 2.45) is 0 Å². The minimum Gasteiger partial charge on any atom is -0.307 e. The fourth-order valence-electron chi connectivity index (χ4n) is 3.76. The molecule has 1 aliphatic rings. The van der Waals surface area contributed by atoms with E-state index in [0.717, 1.165) is 42.6 Å². The number of carbonyl (C=O) groups is 1.